The van der Waals surface area contributed by atoms with Crippen molar-refractivity contribution in [3.05, 3.63) is 48.4 Å². The lowest BCUT2D eigenvalue weighted by atomic mass is 10.1. The minimum Gasteiger partial charge on any atom is -0.348 e. The molecule has 2 fully saturated rings. The fourth-order valence-electron chi connectivity index (χ4n) is 4.04. The van der Waals surface area contributed by atoms with Gasteiger partial charge in [0.1, 0.15) is 11.6 Å². The second-order valence-corrected chi connectivity index (χ2v) is 6.53. The van der Waals surface area contributed by atoms with Crippen molar-refractivity contribution >= 4 is 11.5 Å². The largest absolute Gasteiger partial charge is 0.348 e. The first kappa shape index (κ1) is 13.9. The summed E-state index contributed by atoms with van der Waals surface area (Å²) in [5.74, 6) is 0.764. The molecule has 2 aliphatic rings. The van der Waals surface area contributed by atoms with E-state index in [1.807, 2.05) is 22.7 Å². The molecule has 0 saturated carbocycles. The molecule has 122 valence electrons. The van der Waals surface area contributed by atoms with Crippen molar-refractivity contribution < 1.29 is 4.39 Å². The number of nitrogens with zero attached hydrogens (tertiary/aromatic N) is 4. The fourth-order valence-corrected chi connectivity index (χ4v) is 4.04. The highest BCUT2D eigenvalue weighted by Gasteiger charge is 2.38. The first-order valence-electron chi connectivity index (χ1n) is 8.40. The predicted octanol–water partition coefficient (Wildman–Crippen LogP) is 2.48. The molecule has 0 unspecified atom stereocenters. The number of aromatic nitrogens is 3. The van der Waals surface area contributed by atoms with Gasteiger partial charge in [0.25, 0.3) is 0 Å². The molecule has 5 rings (SSSR count). The quantitative estimate of drug-likeness (QED) is 0.787. The summed E-state index contributed by atoms with van der Waals surface area (Å²) in [5.41, 5.74) is 1.95. The molecule has 3 aromatic rings. The number of halogens is 1. The summed E-state index contributed by atoms with van der Waals surface area (Å²) in [5, 5.41) is 7.94. The maximum atomic E-state index is 14.3. The topological polar surface area (TPSA) is 45.5 Å². The lowest BCUT2D eigenvalue weighted by molar-refractivity contribution is 0.477. The van der Waals surface area contributed by atoms with Gasteiger partial charge in [-0.15, -0.1) is 0 Å². The van der Waals surface area contributed by atoms with E-state index in [1.54, 1.807) is 18.3 Å². The Morgan fingerprint density at radius 3 is 2.67 bits per heavy atom. The van der Waals surface area contributed by atoms with Crippen LogP contribution < -0.4 is 10.2 Å². The minimum absolute atomic E-state index is 0.247. The van der Waals surface area contributed by atoms with Gasteiger partial charge in [-0.05, 0) is 25.0 Å². The average Bonchev–Trinajstić information content (AvgIpc) is 3.16. The fraction of sp³-hybridized carbons (Fsp3) is 0.333. The van der Waals surface area contributed by atoms with E-state index in [4.69, 9.17) is 0 Å². The Kier molecular flexibility index (Phi) is 3.06. The molecule has 2 saturated heterocycles. The van der Waals surface area contributed by atoms with Gasteiger partial charge in [0.05, 0.1) is 11.9 Å². The van der Waals surface area contributed by atoms with Crippen LogP contribution in [0.25, 0.3) is 16.9 Å². The smallest absolute Gasteiger partial charge is 0.157 e. The maximum absolute atomic E-state index is 14.3. The molecule has 0 spiro atoms. The van der Waals surface area contributed by atoms with E-state index in [0.29, 0.717) is 23.3 Å². The van der Waals surface area contributed by atoms with Crippen LogP contribution in [0, 0.1) is 5.82 Å². The third-order valence-electron chi connectivity index (χ3n) is 5.13. The molecule has 5 nitrogen and oxygen atoms in total. The normalized spacial score (nSPS) is 23.1. The van der Waals surface area contributed by atoms with Gasteiger partial charge in [0.2, 0.25) is 0 Å². The van der Waals surface area contributed by atoms with Gasteiger partial charge in [0, 0.05) is 42.9 Å². The first-order valence-corrected chi connectivity index (χ1v) is 8.40. The van der Waals surface area contributed by atoms with E-state index in [0.717, 1.165) is 24.6 Å². The van der Waals surface area contributed by atoms with Gasteiger partial charge in [0.15, 0.2) is 5.65 Å². The van der Waals surface area contributed by atoms with E-state index < -0.39 is 0 Å². The van der Waals surface area contributed by atoms with Gasteiger partial charge < -0.3 is 10.2 Å². The summed E-state index contributed by atoms with van der Waals surface area (Å²) in [6, 6.07) is 11.6. The Morgan fingerprint density at radius 1 is 1.08 bits per heavy atom. The van der Waals surface area contributed by atoms with Gasteiger partial charge in [-0.3, -0.25) is 0 Å². The van der Waals surface area contributed by atoms with Crippen LogP contribution >= 0.6 is 0 Å². The Labute approximate surface area is 139 Å². The third kappa shape index (κ3) is 2.03. The summed E-state index contributed by atoms with van der Waals surface area (Å²) in [7, 11) is 0. The molecule has 2 aliphatic heterocycles. The molecular formula is C18H18FN5. The van der Waals surface area contributed by atoms with Crippen molar-refractivity contribution in [1.82, 2.24) is 19.9 Å². The molecular weight excluding hydrogens is 305 g/mol. The van der Waals surface area contributed by atoms with E-state index >= 15 is 0 Å². The number of hydrogen-bond acceptors (Lipinski definition) is 4. The molecule has 24 heavy (non-hydrogen) atoms. The average molecular weight is 323 g/mol. The van der Waals surface area contributed by atoms with Crippen molar-refractivity contribution in [2.45, 2.75) is 24.9 Å². The molecule has 0 radical (unpaired) electrons. The highest BCUT2D eigenvalue weighted by atomic mass is 19.1. The Balaban J connectivity index is 1.71. The number of nitrogens with one attached hydrogen (secondary N) is 1. The van der Waals surface area contributed by atoms with E-state index in [-0.39, 0.29) is 5.82 Å². The molecule has 2 atom stereocenters. The summed E-state index contributed by atoms with van der Waals surface area (Å²) in [6.07, 6.45) is 4.11. The number of hydrogen-bond donors (Lipinski definition) is 1. The van der Waals surface area contributed by atoms with Crippen LogP contribution in [0.5, 0.6) is 0 Å². The second-order valence-electron chi connectivity index (χ2n) is 6.53. The molecule has 6 heteroatoms. The van der Waals surface area contributed by atoms with Crippen LogP contribution in [-0.4, -0.2) is 39.8 Å². The van der Waals surface area contributed by atoms with Gasteiger partial charge in [-0.25, -0.2) is 9.37 Å². The number of piperazine rings is 1. The summed E-state index contributed by atoms with van der Waals surface area (Å²) in [4.78, 5) is 7.06. The van der Waals surface area contributed by atoms with Crippen molar-refractivity contribution in [2.75, 3.05) is 18.0 Å². The molecule has 0 amide bonds. The Bertz CT molecular complexity index is 889. The summed E-state index contributed by atoms with van der Waals surface area (Å²) >= 11 is 0. The zero-order valence-corrected chi connectivity index (χ0v) is 13.2. The van der Waals surface area contributed by atoms with Crippen LogP contribution in [0.4, 0.5) is 10.2 Å². The van der Waals surface area contributed by atoms with Crippen molar-refractivity contribution in [2.24, 2.45) is 0 Å². The van der Waals surface area contributed by atoms with E-state index in [2.05, 4.69) is 20.3 Å². The second kappa shape index (κ2) is 5.27. The maximum Gasteiger partial charge on any atom is 0.157 e. The van der Waals surface area contributed by atoms with Crippen molar-refractivity contribution in [3.8, 4) is 11.3 Å². The monoisotopic (exact) mass is 323 g/mol. The third-order valence-corrected chi connectivity index (χ3v) is 5.13. The molecule has 4 heterocycles. The minimum atomic E-state index is -0.247. The zero-order valence-electron chi connectivity index (χ0n) is 13.2. The van der Waals surface area contributed by atoms with Crippen LogP contribution in [0.1, 0.15) is 12.8 Å². The van der Waals surface area contributed by atoms with Crippen LogP contribution in [-0.2, 0) is 0 Å². The van der Waals surface area contributed by atoms with Gasteiger partial charge >= 0.3 is 0 Å². The van der Waals surface area contributed by atoms with E-state index in [9.17, 15) is 4.39 Å². The standard InChI is InChI=1S/C18H18FN5/c19-15-4-2-1-3-14(15)16-9-18(24-17(22-16)7-8-21-24)23-12-5-6-13(23)11-20-10-12/h1-4,7-9,12-13,20H,5-6,10-11H2/t12-,13+. The highest BCUT2D eigenvalue weighted by molar-refractivity contribution is 5.68. The molecule has 2 bridgehead atoms. The lowest BCUT2D eigenvalue weighted by Gasteiger charge is -2.37. The Morgan fingerprint density at radius 2 is 1.88 bits per heavy atom. The van der Waals surface area contributed by atoms with Crippen molar-refractivity contribution in [3.63, 3.8) is 0 Å². The first-order chi connectivity index (χ1) is 11.8. The number of fused-ring (bicyclic) bond motifs is 3. The van der Waals surface area contributed by atoms with Gasteiger partial charge in [-0.1, -0.05) is 12.1 Å². The highest BCUT2D eigenvalue weighted by Crippen LogP contribution is 2.34. The zero-order chi connectivity index (χ0) is 16.1. The number of benzene rings is 1. The van der Waals surface area contributed by atoms with Gasteiger partial charge in [-0.2, -0.15) is 9.61 Å². The molecule has 2 aromatic heterocycles. The number of anilines is 1. The van der Waals surface area contributed by atoms with Crippen LogP contribution in [0.3, 0.4) is 0 Å². The summed E-state index contributed by atoms with van der Waals surface area (Å²) < 4.78 is 16.1. The SMILES string of the molecule is Fc1ccccc1-c1cc(N2[C@@H]3CC[C@H]2CNC3)n2nccc2n1. The Hall–Kier alpha value is -2.47. The predicted molar refractivity (Wildman–Crippen MR) is 90.5 cm³/mol. The van der Waals surface area contributed by atoms with Crippen LogP contribution in [0.2, 0.25) is 0 Å². The molecule has 0 aliphatic carbocycles. The molecule has 1 N–H and O–H groups in total. The van der Waals surface area contributed by atoms with Crippen molar-refractivity contribution in [1.29, 1.82) is 0 Å². The van der Waals surface area contributed by atoms with E-state index in [1.165, 1.54) is 18.9 Å². The van der Waals surface area contributed by atoms with Crippen LogP contribution in [0.15, 0.2) is 42.6 Å². The lowest BCUT2D eigenvalue weighted by Crippen LogP contribution is -2.52. The number of rotatable bonds is 2. The molecule has 1 aromatic carbocycles. The summed E-state index contributed by atoms with van der Waals surface area (Å²) in [6.45, 7) is 1.97.